The van der Waals surface area contributed by atoms with Crippen LogP contribution in [0.1, 0.15) is 6.92 Å². The Labute approximate surface area is 124 Å². The van der Waals surface area contributed by atoms with E-state index in [0.717, 1.165) is 34.0 Å². The maximum Gasteiger partial charge on any atom is 0.137 e. The molecule has 0 unspecified atom stereocenters. The second-order valence-corrected chi connectivity index (χ2v) is 4.99. The van der Waals surface area contributed by atoms with Crippen LogP contribution in [0.25, 0.3) is 22.6 Å². The minimum atomic E-state index is 0.884. The average molecular weight is 275 g/mol. The first-order valence-electron chi connectivity index (χ1n) is 6.86. The summed E-state index contributed by atoms with van der Waals surface area (Å²) in [5.41, 5.74) is 5.17. The lowest BCUT2D eigenvalue weighted by atomic mass is 10.1. The van der Waals surface area contributed by atoms with Crippen molar-refractivity contribution < 1.29 is 0 Å². The van der Waals surface area contributed by atoms with Crippen LogP contribution in [-0.4, -0.2) is 9.97 Å². The van der Waals surface area contributed by atoms with E-state index < -0.39 is 0 Å². The molecule has 0 aliphatic rings. The predicted molar refractivity (Wildman–Crippen MR) is 87.9 cm³/mol. The molecule has 0 saturated carbocycles. The Kier molecular flexibility index (Phi) is 3.56. The largest absolute Gasteiger partial charge is 0.360 e. The summed E-state index contributed by atoms with van der Waals surface area (Å²) in [5, 5.41) is 3.19. The number of aromatic nitrogens is 2. The molecule has 0 saturated heterocycles. The number of imidazole rings is 1. The van der Waals surface area contributed by atoms with Crippen molar-refractivity contribution in [1.82, 2.24) is 9.97 Å². The van der Waals surface area contributed by atoms with Crippen LogP contribution in [0.4, 0.5) is 5.69 Å². The van der Waals surface area contributed by atoms with Crippen LogP contribution in [-0.2, 0) is 0 Å². The monoisotopic (exact) mass is 275 g/mol. The Morgan fingerprint density at radius 3 is 2.38 bits per heavy atom. The van der Waals surface area contributed by atoms with Gasteiger partial charge in [0.15, 0.2) is 0 Å². The summed E-state index contributed by atoms with van der Waals surface area (Å²) in [6.45, 7) is 5.78. The van der Waals surface area contributed by atoms with Crippen molar-refractivity contribution in [2.24, 2.45) is 0 Å². The summed E-state index contributed by atoms with van der Waals surface area (Å²) in [6.07, 6.45) is 1.86. The molecule has 2 N–H and O–H groups in total. The van der Waals surface area contributed by atoms with Gasteiger partial charge in [0.05, 0.1) is 11.9 Å². The highest BCUT2D eigenvalue weighted by molar-refractivity contribution is 5.66. The molecule has 3 aromatic rings. The molecule has 0 fully saturated rings. The number of rotatable bonds is 4. The molecule has 21 heavy (non-hydrogen) atoms. The lowest BCUT2D eigenvalue weighted by Gasteiger charge is -2.05. The predicted octanol–water partition coefficient (Wildman–Crippen LogP) is 4.69. The zero-order valence-electron chi connectivity index (χ0n) is 11.9. The maximum absolute atomic E-state index is 4.45. The van der Waals surface area contributed by atoms with Gasteiger partial charge in [0.25, 0.3) is 0 Å². The molecule has 0 amide bonds. The van der Waals surface area contributed by atoms with Crippen molar-refractivity contribution in [3.63, 3.8) is 0 Å². The lowest BCUT2D eigenvalue weighted by Crippen LogP contribution is -1.92. The fourth-order valence-electron chi connectivity index (χ4n) is 2.19. The summed E-state index contributed by atoms with van der Waals surface area (Å²) in [5.74, 6) is 0.884. The number of hydrogen-bond acceptors (Lipinski definition) is 2. The molecular formula is C18H17N3. The second-order valence-electron chi connectivity index (χ2n) is 4.99. The Hall–Kier alpha value is -2.81. The van der Waals surface area contributed by atoms with Gasteiger partial charge in [0, 0.05) is 16.9 Å². The summed E-state index contributed by atoms with van der Waals surface area (Å²) < 4.78 is 0. The fraction of sp³-hybridized carbons (Fsp3) is 0.0556. The van der Waals surface area contributed by atoms with E-state index in [1.165, 1.54) is 0 Å². The SMILES string of the molecule is C=C(C)Nc1ccc(-c2cnc(-c3ccccc3)[nH]2)cc1. The lowest BCUT2D eigenvalue weighted by molar-refractivity contribution is 1.31. The number of nitrogens with zero attached hydrogens (tertiary/aromatic N) is 1. The van der Waals surface area contributed by atoms with Gasteiger partial charge < -0.3 is 10.3 Å². The van der Waals surface area contributed by atoms with Gasteiger partial charge in [-0.25, -0.2) is 4.98 Å². The summed E-state index contributed by atoms with van der Waals surface area (Å²) >= 11 is 0. The van der Waals surface area contributed by atoms with Crippen LogP contribution in [0.5, 0.6) is 0 Å². The molecule has 3 rings (SSSR count). The van der Waals surface area contributed by atoms with Crippen LogP contribution in [0.15, 0.2) is 73.1 Å². The topological polar surface area (TPSA) is 40.7 Å². The number of allylic oxidation sites excluding steroid dienone is 1. The number of H-pyrrole nitrogens is 1. The zero-order valence-corrected chi connectivity index (χ0v) is 11.9. The van der Waals surface area contributed by atoms with Gasteiger partial charge in [0.2, 0.25) is 0 Å². The highest BCUT2D eigenvalue weighted by Gasteiger charge is 2.05. The van der Waals surface area contributed by atoms with E-state index in [-0.39, 0.29) is 0 Å². The van der Waals surface area contributed by atoms with E-state index in [9.17, 15) is 0 Å². The van der Waals surface area contributed by atoms with Crippen molar-refractivity contribution in [1.29, 1.82) is 0 Å². The molecule has 0 bridgehead atoms. The highest BCUT2D eigenvalue weighted by atomic mass is 14.9. The van der Waals surface area contributed by atoms with Crippen molar-refractivity contribution in [3.8, 4) is 22.6 Å². The molecule has 1 heterocycles. The third kappa shape index (κ3) is 3.03. The molecule has 0 spiro atoms. The van der Waals surface area contributed by atoms with Gasteiger partial charge in [-0.15, -0.1) is 0 Å². The fourth-order valence-corrected chi connectivity index (χ4v) is 2.19. The first-order valence-corrected chi connectivity index (χ1v) is 6.86. The van der Waals surface area contributed by atoms with Crippen LogP contribution < -0.4 is 5.32 Å². The molecule has 104 valence electrons. The number of benzene rings is 2. The first kappa shape index (κ1) is 13.2. The summed E-state index contributed by atoms with van der Waals surface area (Å²) in [4.78, 5) is 7.81. The van der Waals surface area contributed by atoms with E-state index in [0.29, 0.717) is 0 Å². The molecule has 0 aliphatic heterocycles. The van der Waals surface area contributed by atoms with Crippen molar-refractivity contribution in [2.75, 3.05) is 5.32 Å². The van der Waals surface area contributed by atoms with E-state index >= 15 is 0 Å². The molecule has 1 aromatic heterocycles. The standard InChI is InChI=1S/C18H17N3/c1-13(2)20-16-10-8-14(9-11-16)17-12-19-18(21-17)15-6-4-3-5-7-15/h3-12,20H,1H2,2H3,(H,19,21). The van der Waals surface area contributed by atoms with Crippen molar-refractivity contribution in [2.45, 2.75) is 6.92 Å². The molecule has 0 aliphatic carbocycles. The minimum Gasteiger partial charge on any atom is -0.360 e. The van der Waals surface area contributed by atoms with Gasteiger partial charge in [0.1, 0.15) is 5.82 Å². The number of nitrogens with one attached hydrogen (secondary N) is 2. The normalized spacial score (nSPS) is 10.3. The van der Waals surface area contributed by atoms with E-state index in [1.807, 2.05) is 55.6 Å². The second kappa shape index (κ2) is 5.67. The molecule has 0 radical (unpaired) electrons. The Morgan fingerprint density at radius 1 is 1.00 bits per heavy atom. The third-order valence-electron chi connectivity index (χ3n) is 3.18. The van der Waals surface area contributed by atoms with E-state index in [4.69, 9.17) is 0 Å². The van der Waals surface area contributed by atoms with E-state index in [2.05, 4.69) is 34.0 Å². The molecule has 3 heteroatoms. The number of aromatic amines is 1. The smallest absolute Gasteiger partial charge is 0.137 e. The molecule has 3 nitrogen and oxygen atoms in total. The molecule has 0 atom stereocenters. The van der Waals surface area contributed by atoms with Crippen LogP contribution >= 0.6 is 0 Å². The maximum atomic E-state index is 4.45. The number of anilines is 1. The van der Waals surface area contributed by atoms with E-state index in [1.54, 1.807) is 0 Å². The Morgan fingerprint density at radius 2 is 1.71 bits per heavy atom. The first-order chi connectivity index (χ1) is 10.2. The van der Waals surface area contributed by atoms with Gasteiger partial charge in [-0.1, -0.05) is 49.0 Å². The summed E-state index contributed by atoms with van der Waals surface area (Å²) in [6, 6.07) is 18.3. The van der Waals surface area contributed by atoms with Gasteiger partial charge in [-0.05, 0) is 24.6 Å². The summed E-state index contributed by atoms with van der Waals surface area (Å²) in [7, 11) is 0. The van der Waals surface area contributed by atoms with Crippen LogP contribution in [0, 0.1) is 0 Å². The van der Waals surface area contributed by atoms with Gasteiger partial charge >= 0.3 is 0 Å². The number of hydrogen-bond donors (Lipinski definition) is 2. The van der Waals surface area contributed by atoms with Crippen molar-refractivity contribution in [3.05, 3.63) is 73.1 Å². The molecular weight excluding hydrogens is 258 g/mol. The third-order valence-corrected chi connectivity index (χ3v) is 3.18. The average Bonchev–Trinajstić information content (AvgIpc) is 2.98. The van der Waals surface area contributed by atoms with Gasteiger partial charge in [-0.3, -0.25) is 0 Å². The highest BCUT2D eigenvalue weighted by Crippen LogP contribution is 2.23. The Balaban J connectivity index is 1.85. The quantitative estimate of drug-likeness (QED) is 0.725. The van der Waals surface area contributed by atoms with Crippen molar-refractivity contribution >= 4 is 5.69 Å². The Bertz CT molecular complexity index is 740. The van der Waals surface area contributed by atoms with Crippen LogP contribution in [0.2, 0.25) is 0 Å². The van der Waals surface area contributed by atoms with Gasteiger partial charge in [-0.2, -0.15) is 0 Å². The molecule has 2 aromatic carbocycles. The zero-order chi connectivity index (χ0) is 14.7. The van der Waals surface area contributed by atoms with Crippen LogP contribution in [0.3, 0.4) is 0 Å². The minimum absolute atomic E-state index is 0.884.